The largest absolute Gasteiger partial charge is 0.310 e. The fourth-order valence-electron chi connectivity index (χ4n) is 9.31. The number of hydrogen-bond acceptors (Lipinski definition) is 2. The minimum atomic E-state index is -0.0130. The van der Waals surface area contributed by atoms with Gasteiger partial charge in [0.1, 0.15) is 0 Å². The van der Waals surface area contributed by atoms with Crippen LogP contribution in [0.25, 0.3) is 64.7 Å². The molecule has 0 saturated heterocycles. The molecule has 0 fully saturated rings. The summed E-state index contributed by atoms with van der Waals surface area (Å²) in [5.41, 5.74) is 19.4. The predicted molar refractivity (Wildman–Crippen MR) is 247 cm³/mol. The first-order chi connectivity index (χ1) is 27.9. The maximum atomic E-state index is 2.41. The van der Waals surface area contributed by atoms with Crippen molar-refractivity contribution in [2.24, 2.45) is 0 Å². The smallest absolute Gasteiger partial charge is 0.0464 e. The van der Waals surface area contributed by atoms with E-state index in [1.807, 2.05) is 11.3 Å². The second-order valence-electron chi connectivity index (χ2n) is 15.8. The third-order valence-electron chi connectivity index (χ3n) is 12.3. The normalized spacial score (nSPS) is 12.8. The van der Waals surface area contributed by atoms with Crippen molar-refractivity contribution in [1.82, 2.24) is 0 Å². The minimum absolute atomic E-state index is 0.0130. The monoisotopic (exact) mass is 751 g/mol. The van der Waals surface area contributed by atoms with Crippen molar-refractivity contribution in [3.05, 3.63) is 198 Å². The summed E-state index contributed by atoms with van der Waals surface area (Å²) < 4.78 is 2.74. The van der Waals surface area contributed by atoms with Crippen LogP contribution in [0.2, 0.25) is 0 Å². The van der Waals surface area contributed by atoms with E-state index < -0.39 is 0 Å². The van der Waals surface area contributed by atoms with Crippen molar-refractivity contribution in [1.29, 1.82) is 0 Å². The first kappa shape index (κ1) is 35.2. The quantitative estimate of drug-likeness (QED) is 0.149. The Hall–Kier alpha value is -6.22. The lowest BCUT2D eigenvalue weighted by molar-refractivity contribution is 0.661. The number of rotatable bonds is 8. The number of benzene rings is 8. The SMILES string of the molecule is CCc1ccccc1-c1ccc(N(c2ccc(-c3ccccc3)cc2)c2ccc(-c3cccc4c3sc3c5c(ccc34)C(C)(C)c3ccccc3-5)cc2)cc1CC. The van der Waals surface area contributed by atoms with Crippen LogP contribution >= 0.6 is 11.3 Å². The summed E-state index contributed by atoms with van der Waals surface area (Å²) in [7, 11) is 0. The highest BCUT2D eigenvalue weighted by molar-refractivity contribution is 7.27. The van der Waals surface area contributed by atoms with Crippen molar-refractivity contribution < 1.29 is 0 Å². The molecular weight excluding hydrogens is 707 g/mol. The molecule has 1 nitrogen and oxygen atoms in total. The van der Waals surface area contributed by atoms with Crippen LogP contribution in [-0.2, 0) is 18.3 Å². The molecule has 0 atom stereocenters. The van der Waals surface area contributed by atoms with Crippen molar-refractivity contribution >= 4 is 48.6 Å². The number of aryl methyl sites for hydroxylation is 2. The van der Waals surface area contributed by atoms with Gasteiger partial charge in [0.2, 0.25) is 0 Å². The van der Waals surface area contributed by atoms with Crippen LogP contribution in [0, 0.1) is 0 Å². The summed E-state index contributed by atoms with van der Waals surface area (Å²) in [6.45, 7) is 9.25. The molecule has 0 amide bonds. The molecule has 0 spiro atoms. The predicted octanol–water partition coefficient (Wildman–Crippen LogP) is 16.0. The Bertz CT molecular complexity index is 2930. The zero-order chi connectivity index (χ0) is 38.7. The maximum Gasteiger partial charge on any atom is 0.0464 e. The van der Waals surface area contributed by atoms with E-state index in [-0.39, 0.29) is 5.41 Å². The van der Waals surface area contributed by atoms with Gasteiger partial charge in [-0.1, -0.05) is 167 Å². The van der Waals surface area contributed by atoms with E-state index in [9.17, 15) is 0 Å². The van der Waals surface area contributed by atoms with E-state index in [0.717, 1.165) is 29.9 Å². The molecule has 8 aromatic carbocycles. The summed E-state index contributed by atoms with van der Waals surface area (Å²) in [6, 6.07) is 65.3. The van der Waals surface area contributed by atoms with Crippen LogP contribution in [0.1, 0.15) is 49.9 Å². The molecule has 1 aromatic heterocycles. The Morgan fingerprint density at radius 1 is 0.421 bits per heavy atom. The van der Waals surface area contributed by atoms with E-state index in [0.29, 0.717) is 0 Å². The van der Waals surface area contributed by atoms with Gasteiger partial charge in [-0.25, -0.2) is 0 Å². The molecule has 0 radical (unpaired) electrons. The average molecular weight is 752 g/mol. The Morgan fingerprint density at radius 2 is 1.00 bits per heavy atom. The molecule has 1 aliphatic rings. The summed E-state index contributed by atoms with van der Waals surface area (Å²) in [6.07, 6.45) is 1.96. The van der Waals surface area contributed by atoms with Crippen molar-refractivity contribution in [3.63, 3.8) is 0 Å². The zero-order valence-corrected chi connectivity index (χ0v) is 33.8. The zero-order valence-electron chi connectivity index (χ0n) is 33.0. The molecule has 1 aliphatic carbocycles. The Morgan fingerprint density at radius 3 is 1.74 bits per heavy atom. The third kappa shape index (κ3) is 5.82. The number of hydrogen-bond donors (Lipinski definition) is 0. The molecule has 0 saturated carbocycles. The van der Waals surface area contributed by atoms with Gasteiger partial charge in [-0.3, -0.25) is 0 Å². The molecule has 0 aliphatic heterocycles. The van der Waals surface area contributed by atoms with Gasteiger partial charge in [0.05, 0.1) is 0 Å². The van der Waals surface area contributed by atoms with E-state index >= 15 is 0 Å². The van der Waals surface area contributed by atoms with Crippen LogP contribution in [0.15, 0.2) is 176 Å². The molecule has 9 aromatic rings. The average Bonchev–Trinajstić information content (AvgIpc) is 3.76. The number of nitrogens with zero attached hydrogens (tertiary/aromatic N) is 1. The highest BCUT2D eigenvalue weighted by Gasteiger charge is 2.36. The molecule has 10 rings (SSSR count). The molecule has 2 heteroatoms. The van der Waals surface area contributed by atoms with E-state index in [1.54, 1.807) is 0 Å². The van der Waals surface area contributed by atoms with Crippen molar-refractivity contribution in [3.8, 4) is 44.5 Å². The Kier molecular flexibility index (Phi) is 8.69. The lowest BCUT2D eigenvalue weighted by Crippen LogP contribution is -2.14. The first-order valence-corrected chi connectivity index (χ1v) is 21.1. The third-order valence-corrected chi connectivity index (χ3v) is 13.6. The lowest BCUT2D eigenvalue weighted by atomic mass is 9.82. The van der Waals surface area contributed by atoms with E-state index in [1.165, 1.54) is 86.9 Å². The second kappa shape index (κ2) is 14.1. The van der Waals surface area contributed by atoms with Crippen molar-refractivity contribution in [2.75, 3.05) is 4.90 Å². The van der Waals surface area contributed by atoms with Crippen LogP contribution in [0.5, 0.6) is 0 Å². The van der Waals surface area contributed by atoms with Gasteiger partial charge < -0.3 is 4.90 Å². The fraction of sp³-hybridized carbons (Fsp3) is 0.127. The molecule has 57 heavy (non-hydrogen) atoms. The van der Waals surface area contributed by atoms with Crippen LogP contribution < -0.4 is 4.90 Å². The molecule has 276 valence electrons. The molecule has 0 N–H and O–H groups in total. The van der Waals surface area contributed by atoms with Gasteiger partial charge in [0.15, 0.2) is 0 Å². The molecular formula is C55H45NS. The summed E-state index contributed by atoms with van der Waals surface area (Å²) in [4.78, 5) is 2.41. The minimum Gasteiger partial charge on any atom is -0.310 e. The number of anilines is 3. The highest BCUT2D eigenvalue weighted by Crippen LogP contribution is 2.54. The Balaban J connectivity index is 1.08. The topological polar surface area (TPSA) is 3.24 Å². The van der Waals surface area contributed by atoms with Gasteiger partial charge in [-0.15, -0.1) is 11.3 Å². The van der Waals surface area contributed by atoms with E-state index in [4.69, 9.17) is 0 Å². The number of thiophene rings is 1. The molecule has 0 bridgehead atoms. The fourth-order valence-corrected chi connectivity index (χ4v) is 10.7. The molecule has 1 heterocycles. The summed E-state index contributed by atoms with van der Waals surface area (Å²) in [5.74, 6) is 0. The standard InChI is InChI=1S/C55H45NS/c1-5-36-15-10-11-18-44(36)45-32-31-43(35-37(45)6-2)56(41-27-23-39(24-28-41)38-16-8-7-9-17-38)42-29-25-40(26-30-42)46-20-14-21-47-48-33-34-51-52(54(48)57-53(46)47)49-19-12-13-22-50(49)55(51,3)4/h7-35H,5-6H2,1-4H3. The van der Waals surface area contributed by atoms with Gasteiger partial charge in [-0.2, -0.15) is 0 Å². The second-order valence-corrected chi connectivity index (χ2v) is 16.8. The van der Waals surface area contributed by atoms with Crippen LogP contribution in [0.3, 0.4) is 0 Å². The first-order valence-electron chi connectivity index (χ1n) is 20.3. The Labute approximate surface area is 340 Å². The van der Waals surface area contributed by atoms with Crippen molar-refractivity contribution in [2.45, 2.75) is 46.0 Å². The molecule has 0 unspecified atom stereocenters. The van der Waals surface area contributed by atoms with Crippen LogP contribution in [0.4, 0.5) is 17.1 Å². The van der Waals surface area contributed by atoms with Gasteiger partial charge in [0, 0.05) is 48.2 Å². The lowest BCUT2D eigenvalue weighted by Gasteiger charge is -2.27. The van der Waals surface area contributed by atoms with Crippen LogP contribution in [-0.4, -0.2) is 0 Å². The van der Waals surface area contributed by atoms with Gasteiger partial charge >= 0.3 is 0 Å². The summed E-state index contributed by atoms with van der Waals surface area (Å²) in [5, 5.41) is 2.68. The maximum absolute atomic E-state index is 2.41. The van der Waals surface area contributed by atoms with E-state index in [2.05, 4.69) is 209 Å². The number of fused-ring (bicyclic) bond motifs is 7. The highest BCUT2D eigenvalue weighted by atomic mass is 32.1. The van der Waals surface area contributed by atoms with Gasteiger partial charge in [-0.05, 0) is 110 Å². The summed E-state index contributed by atoms with van der Waals surface area (Å²) >= 11 is 1.95. The van der Waals surface area contributed by atoms with Gasteiger partial charge in [0.25, 0.3) is 0 Å².